The fourth-order valence-corrected chi connectivity index (χ4v) is 5.15. The van der Waals surface area contributed by atoms with Gasteiger partial charge in [-0.1, -0.05) is 31.2 Å². The lowest BCUT2D eigenvalue weighted by Crippen LogP contribution is -2.48. The summed E-state index contributed by atoms with van der Waals surface area (Å²) in [6.45, 7) is 2.01. The van der Waals surface area contributed by atoms with Crippen molar-refractivity contribution in [3.8, 4) is 11.3 Å². The molecule has 1 aromatic heterocycles. The molecule has 0 saturated carbocycles. The van der Waals surface area contributed by atoms with Crippen molar-refractivity contribution >= 4 is 5.78 Å². The number of Topliss-reactive ketones (excluding diaryl/α,β-unsaturated/α-hetero) is 1. The molecule has 0 aliphatic carbocycles. The number of carbonyl (C=O) groups is 1. The van der Waals surface area contributed by atoms with Gasteiger partial charge in [0.25, 0.3) is 0 Å². The molecular formula is C22H28N2O. The third-order valence-corrected chi connectivity index (χ3v) is 6.57. The topological polar surface area (TPSA) is 25.2 Å². The molecule has 2 saturated heterocycles. The first-order valence-corrected chi connectivity index (χ1v) is 9.56. The van der Waals surface area contributed by atoms with Crippen molar-refractivity contribution in [2.45, 2.75) is 50.6 Å². The average molecular weight is 336 g/mol. The fourth-order valence-electron chi connectivity index (χ4n) is 5.15. The monoisotopic (exact) mass is 336 g/mol. The molecule has 4 unspecified atom stereocenters. The number of fused-ring (bicyclic) bond motifs is 2. The number of ketones is 1. The van der Waals surface area contributed by atoms with Gasteiger partial charge >= 0.3 is 0 Å². The van der Waals surface area contributed by atoms with Gasteiger partial charge in [0.2, 0.25) is 0 Å². The Bertz CT molecular complexity index is 761. The number of hydrogen-bond donors (Lipinski definition) is 0. The molecule has 4 rings (SSSR count). The van der Waals surface area contributed by atoms with E-state index in [1.54, 1.807) is 0 Å². The van der Waals surface area contributed by atoms with Gasteiger partial charge in [-0.05, 0) is 55.5 Å². The molecular weight excluding hydrogens is 308 g/mol. The van der Waals surface area contributed by atoms with Crippen LogP contribution in [0.5, 0.6) is 0 Å². The summed E-state index contributed by atoms with van der Waals surface area (Å²) in [6.07, 6.45) is 6.26. The molecule has 0 radical (unpaired) electrons. The molecule has 0 amide bonds. The van der Waals surface area contributed by atoms with Crippen LogP contribution in [0.2, 0.25) is 0 Å². The molecule has 4 atom stereocenters. The van der Waals surface area contributed by atoms with Crippen LogP contribution in [0.15, 0.2) is 42.6 Å². The third-order valence-electron chi connectivity index (χ3n) is 6.57. The maximum absolute atomic E-state index is 12.8. The van der Waals surface area contributed by atoms with Gasteiger partial charge < -0.3 is 4.57 Å². The largest absolute Gasteiger partial charge is 0.351 e. The number of hydrogen-bond acceptors (Lipinski definition) is 2. The Morgan fingerprint density at radius 2 is 1.88 bits per heavy atom. The molecule has 132 valence electrons. The summed E-state index contributed by atoms with van der Waals surface area (Å²) in [7, 11) is 4.29. The molecule has 2 bridgehead atoms. The van der Waals surface area contributed by atoms with E-state index in [9.17, 15) is 4.79 Å². The van der Waals surface area contributed by atoms with Crippen LogP contribution < -0.4 is 0 Å². The van der Waals surface area contributed by atoms with Gasteiger partial charge in [-0.3, -0.25) is 9.69 Å². The van der Waals surface area contributed by atoms with E-state index in [1.807, 2.05) is 6.92 Å². The SMILES string of the molecule is CCC(=O)C1C(c2ccc(-c3cccn3C)cc2)CC2CCC1N2C. The zero-order chi connectivity index (χ0) is 17.6. The van der Waals surface area contributed by atoms with Crippen LogP contribution in [0.1, 0.15) is 44.1 Å². The highest BCUT2D eigenvalue weighted by Gasteiger charge is 2.48. The van der Waals surface area contributed by atoms with Crippen LogP contribution in [0.3, 0.4) is 0 Å². The predicted molar refractivity (Wildman–Crippen MR) is 102 cm³/mol. The molecule has 3 heteroatoms. The fraction of sp³-hybridized carbons (Fsp3) is 0.500. The summed E-state index contributed by atoms with van der Waals surface area (Å²) in [5.41, 5.74) is 3.82. The van der Waals surface area contributed by atoms with Crippen molar-refractivity contribution in [3.05, 3.63) is 48.2 Å². The van der Waals surface area contributed by atoms with Gasteiger partial charge in [0.05, 0.1) is 0 Å². The first kappa shape index (κ1) is 16.6. The second-order valence-corrected chi connectivity index (χ2v) is 7.78. The Morgan fingerprint density at radius 3 is 2.52 bits per heavy atom. The lowest BCUT2D eigenvalue weighted by molar-refractivity contribution is -0.126. The first-order chi connectivity index (χ1) is 12.1. The van der Waals surface area contributed by atoms with Crippen LogP contribution in [0, 0.1) is 5.92 Å². The zero-order valence-electron chi connectivity index (χ0n) is 15.5. The predicted octanol–water partition coefficient (Wildman–Crippen LogP) is 4.24. The highest BCUT2D eigenvalue weighted by molar-refractivity contribution is 5.83. The lowest BCUT2D eigenvalue weighted by atomic mass is 9.73. The standard InChI is InChI=1S/C22H28N2O/c1-4-21(25)22-18(14-17-11-12-20(22)24(17)3)15-7-9-16(10-8-15)19-6-5-13-23(19)2/h5-10,13,17-18,20,22H,4,11-12,14H2,1-3H3. The van der Waals surface area contributed by atoms with Crippen LogP contribution in [0.25, 0.3) is 11.3 Å². The van der Waals surface area contributed by atoms with Gasteiger partial charge in [-0.25, -0.2) is 0 Å². The van der Waals surface area contributed by atoms with E-state index in [2.05, 4.69) is 66.2 Å². The summed E-state index contributed by atoms with van der Waals surface area (Å²) in [5.74, 6) is 0.979. The quantitative estimate of drug-likeness (QED) is 0.834. The summed E-state index contributed by atoms with van der Waals surface area (Å²) >= 11 is 0. The van der Waals surface area contributed by atoms with Crippen molar-refractivity contribution in [2.75, 3.05) is 7.05 Å². The number of carbonyl (C=O) groups excluding carboxylic acids is 1. The Kier molecular flexibility index (Phi) is 4.28. The molecule has 2 aromatic rings. The molecule has 0 spiro atoms. The van der Waals surface area contributed by atoms with Crippen LogP contribution in [-0.2, 0) is 11.8 Å². The molecule has 1 aromatic carbocycles. The Labute approximate surface area is 150 Å². The minimum absolute atomic E-state index is 0.162. The first-order valence-electron chi connectivity index (χ1n) is 9.56. The van der Waals surface area contributed by atoms with E-state index in [1.165, 1.54) is 29.7 Å². The second kappa shape index (κ2) is 6.45. The molecule has 0 N–H and O–H groups in total. The number of rotatable bonds is 4. The Morgan fingerprint density at radius 1 is 1.12 bits per heavy atom. The summed E-state index contributed by atoms with van der Waals surface area (Å²) < 4.78 is 2.15. The van der Waals surface area contributed by atoms with E-state index in [4.69, 9.17) is 0 Å². The second-order valence-electron chi connectivity index (χ2n) is 7.78. The summed E-state index contributed by atoms with van der Waals surface area (Å²) in [4.78, 5) is 15.2. The molecule has 25 heavy (non-hydrogen) atoms. The van der Waals surface area contributed by atoms with Crippen molar-refractivity contribution in [3.63, 3.8) is 0 Å². The van der Waals surface area contributed by atoms with Gasteiger partial charge in [0.15, 0.2) is 0 Å². The average Bonchev–Trinajstić information content (AvgIpc) is 3.14. The maximum atomic E-state index is 12.8. The van der Waals surface area contributed by atoms with E-state index in [0.717, 1.165) is 6.42 Å². The van der Waals surface area contributed by atoms with Gasteiger partial charge in [0, 0.05) is 43.4 Å². The molecule has 3 heterocycles. The molecule has 3 nitrogen and oxygen atoms in total. The van der Waals surface area contributed by atoms with E-state index in [0.29, 0.717) is 30.2 Å². The van der Waals surface area contributed by atoms with E-state index >= 15 is 0 Å². The van der Waals surface area contributed by atoms with Crippen LogP contribution in [0.4, 0.5) is 0 Å². The number of aryl methyl sites for hydroxylation is 1. The normalized spacial score (nSPS) is 29.1. The maximum Gasteiger partial charge on any atom is 0.137 e. The number of aromatic nitrogens is 1. The van der Waals surface area contributed by atoms with Gasteiger partial charge in [-0.2, -0.15) is 0 Å². The number of benzene rings is 1. The highest BCUT2D eigenvalue weighted by atomic mass is 16.1. The Hall–Kier alpha value is -1.87. The van der Waals surface area contributed by atoms with Gasteiger partial charge in [-0.15, -0.1) is 0 Å². The molecule has 2 aliphatic rings. The lowest BCUT2D eigenvalue weighted by Gasteiger charge is -2.42. The number of piperidine rings is 1. The van der Waals surface area contributed by atoms with Crippen molar-refractivity contribution in [1.29, 1.82) is 0 Å². The minimum atomic E-state index is 0.162. The zero-order valence-corrected chi connectivity index (χ0v) is 15.5. The van der Waals surface area contributed by atoms with Gasteiger partial charge in [0.1, 0.15) is 5.78 Å². The smallest absolute Gasteiger partial charge is 0.137 e. The third kappa shape index (κ3) is 2.75. The van der Waals surface area contributed by atoms with E-state index < -0.39 is 0 Å². The highest BCUT2D eigenvalue weighted by Crippen LogP contribution is 2.47. The van der Waals surface area contributed by atoms with Crippen molar-refractivity contribution in [1.82, 2.24) is 9.47 Å². The molecule has 2 fully saturated rings. The summed E-state index contributed by atoms with van der Waals surface area (Å²) in [5, 5.41) is 0. The van der Waals surface area contributed by atoms with Crippen molar-refractivity contribution < 1.29 is 4.79 Å². The molecule has 2 aliphatic heterocycles. The van der Waals surface area contributed by atoms with Crippen molar-refractivity contribution in [2.24, 2.45) is 13.0 Å². The number of nitrogens with zero attached hydrogens (tertiary/aromatic N) is 2. The Balaban J connectivity index is 1.65. The minimum Gasteiger partial charge on any atom is -0.351 e. The summed E-state index contributed by atoms with van der Waals surface area (Å²) in [6, 6.07) is 14.3. The van der Waals surface area contributed by atoms with Crippen LogP contribution in [-0.4, -0.2) is 34.4 Å². The van der Waals surface area contributed by atoms with E-state index in [-0.39, 0.29) is 5.92 Å². The van der Waals surface area contributed by atoms with Crippen LogP contribution >= 0.6 is 0 Å².